The number of carbonyl (C=O) groups is 2. The third-order valence-corrected chi connectivity index (χ3v) is 3.39. The lowest BCUT2D eigenvalue weighted by atomic mass is 10.4. The summed E-state index contributed by atoms with van der Waals surface area (Å²) in [6.07, 6.45) is 1.63. The Bertz CT molecular complexity index is 642. The molecule has 2 amide bonds. The monoisotopic (exact) mass is 295 g/mol. The lowest BCUT2D eigenvalue weighted by Gasteiger charge is -2.07. The van der Waals surface area contributed by atoms with Crippen LogP contribution in [0.5, 0.6) is 0 Å². The van der Waals surface area contributed by atoms with Crippen LogP contribution in [0.15, 0.2) is 23.5 Å². The van der Waals surface area contributed by atoms with Crippen LogP contribution < -0.4 is 11.1 Å². The molecule has 20 heavy (non-hydrogen) atoms. The number of aliphatic carboxylic acids is 1. The molecule has 0 radical (unpaired) electrons. The van der Waals surface area contributed by atoms with Crippen molar-refractivity contribution in [2.75, 3.05) is 12.3 Å². The van der Waals surface area contributed by atoms with Crippen LogP contribution in [-0.2, 0) is 11.3 Å². The molecule has 0 fully saturated rings. The highest BCUT2D eigenvalue weighted by Crippen LogP contribution is 2.22. The van der Waals surface area contributed by atoms with E-state index < -0.39 is 12.0 Å². The van der Waals surface area contributed by atoms with Crippen LogP contribution in [0.4, 0.5) is 4.79 Å². The molecule has 0 unspecified atom stereocenters. The number of fused-ring (bicyclic) bond motifs is 1. The van der Waals surface area contributed by atoms with Gasteiger partial charge in [-0.1, -0.05) is 11.8 Å². The predicted molar refractivity (Wildman–Crippen MR) is 73.5 cm³/mol. The van der Waals surface area contributed by atoms with E-state index in [-0.39, 0.29) is 5.75 Å². The zero-order chi connectivity index (χ0) is 14.5. The number of carboxylic acid groups (broad SMARTS) is 1. The molecule has 0 aromatic carbocycles. The first-order valence-electron chi connectivity index (χ1n) is 5.77. The average Bonchev–Trinajstić information content (AvgIpc) is 2.74. The summed E-state index contributed by atoms with van der Waals surface area (Å²) in [6.45, 7) is 0.733. The quantitative estimate of drug-likeness (QED) is 0.657. The molecule has 8 nitrogen and oxygen atoms in total. The Morgan fingerprint density at radius 2 is 2.30 bits per heavy atom. The van der Waals surface area contributed by atoms with Crippen molar-refractivity contribution in [3.8, 4) is 0 Å². The molecule has 0 saturated heterocycles. The first-order valence-corrected chi connectivity index (χ1v) is 6.75. The summed E-state index contributed by atoms with van der Waals surface area (Å²) in [5.74, 6) is -1.01. The molecule has 2 aromatic heterocycles. The summed E-state index contributed by atoms with van der Waals surface area (Å²) in [7, 11) is 0. The SMILES string of the molecule is NC(=O)NCCn1c(SCC(=O)O)nc2cccnc21. The van der Waals surface area contributed by atoms with Crippen molar-refractivity contribution in [3.63, 3.8) is 0 Å². The number of pyridine rings is 1. The van der Waals surface area contributed by atoms with Crippen molar-refractivity contribution in [2.24, 2.45) is 5.73 Å². The Morgan fingerprint density at radius 3 is 3.00 bits per heavy atom. The molecule has 106 valence electrons. The summed E-state index contributed by atoms with van der Waals surface area (Å²) in [5, 5.41) is 11.8. The number of nitrogens with one attached hydrogen (secondary N) is 1. The van der Waals surface area contributed by atoms with Gasteiger partial charge in [0.1, 0.15) is 5.52 Å². The Balaban J connectivity index is 2.24. The van der Waals surface area contributed by atoms with Gasteiger partial charge >= 0.3 is 12.0 Å². The van der Waals surface area contributed by atoms with Crippen molar-refractivity contribution < 1.29 is 14.7 Å². The second-order valence-electron chi connectivity index (χ2n) is 3.87. The number of urea groups is 1. The van der Waals surface area contributed by atoms with Crippen LogP contribution in [0.2, 0.25) is 0 Å². The standard InChI is InChI=1S/C11H13N5O3S/c12-10(19)14-4-5-16-9-7(2-1-3-13-9)15-11(16)20-6-8(17)18/h1-3H,4-6H2,(H,17,18)(H3,12,14,19). The number of nitrogens with two attached hydrogens (primary N) is 1. The first kappa shape index (κ1) is 14.1. The lowest BCUT2D eigenvalue weighted by molar-refractivity contribution is -0.133. The maximum absolute atomic E-state index is 10.7. The van der Waals surface area contributed by atoms with E-state index >= 15 is 0 Å². The van der Waals surface area contributed by atoms with E-state index in [4.69, 9.17) is 10.8 Å². The number of rotatable bonds is 6. The number of thioether (sulfide) groups is 1. The van der Waals surface area contributed by atoms with Gasteiger partial charge in [-0.3, -0.25) is 4.79 Å². The molecule has 2 aromatic rings. The molecule has 4 N–H and O–H groups in total. The number of carbonyl (C=O) groups excluding carboxylic acids is 1. The number of carboxylic acids is 1. The highest BCUT2D eigenvalue weighted by Gasteiger charge is 2.13. The molecule has 0 aliphatic heterocycles. The maximum Gasteiger partial charge on any atom is 0.313 e. The van der Waals surface area contributed by atoms with E-state index in [9.17, 15) is 9.59 Å². The van der Waals surface area contributed by atoms with Crippen LogP contribution in [0, 0.1) is 0 Å². The molecule has 2 rings (SSSR count). The zero-order valence-corrected chi connectivity index (χ0v) is 11.3. The first-order chi connectivity index (χ1) is 9.58. The lowest BCUT2D eigenvalue weighted by Crippen LogP contribution is -2.32. The summed E-state index contributed by atoms with van der Waals surface area (Å²) < 4.78 is 1.76. The van der Waals surface area contributed by atoms with Gasteiger partial charge in [0.15, 0.2) is 10.8 Å². The summed E-state index contributed by atoms with van der Waals surface area (Å²) >= 11 is 1.11. The fourth-order valence-corrected chi connectivity index (χ4v) is 2.42. The molecular weight excluding hydrogens is 282 g/mol. The maximum atomic E-state index is 10.7. The van der Waals surface area contributed by atoms with Crippen molar-refractivity contribution in [1.82, 2.24) is 19.9 Å². The van der Waals surface area contributed by atoms with E-state index in [1.807, 2.05) is 0 Å². The number of amides is 2. The van der Waals surface area contributed by atoms with Crippen LogP contribution in [-0.4, -0.2) is 43.9 Å². The summed E-state index contributed by atoms with van der Waals surface area (Å²) in [5.41, 5.74) is 6.33. The number of primary amides is 1. The molecule has 0 saturated carbocycles. The smallest absolute Gasteiger partial charge is 0.313 e. The van der Waals surface area contributed by atoms with Gasteiger partial charge in [-0.2, -0.15) is 0 Å². The zero-order valence-electron chi connectivity index (χ0n) is 10.4. The second-order valence-corrected chi connectivity index (χ2v) is 4.81. The van der Waals surface area contributed by atoms with Gasteiger partial charge in [-0.25, -0.2) is 14.8 Å². The normalized spacial score (nSPS) is 10.6. The minimum absolute atomic E-state index is 0.0907. The fraction of sp³-hybridized carbons (Fsp3) is 0.273. The Morgan fingerprint density at radius 1 is 1.50 bits per heavy atom. The van der Waals surface area contributed by atoms with E-state index in [1.54, 1.807) is 22.9 Å². The fourth-order valence-electron chi connectivity index (χ4n) is 1.67. The van der Waals surface area contributed by atoms with Crippen LogP contribution in [0.1, 0.15) is 0 Å². The minimum Gasteiger partial charge on any atom is -0.481 e. The van der Waals surface area contributed by atoms with Crippen molar-refractivity contribution >= 4 is 34.9 Å². The topological polar surface area (TPSA) is 123 Å². The minimum atomic E-state index is -0.920. The average molecular weight is 295 g/mol. The second kappa shape index (κ2) is 6.24. The van der Waals surface area contributed by atoms with Crippen LogP contribution in [0.25, 0.3) is 11.2 Å². The van der Waals surface area contributed by atoms with E-state index in [1.165, 1.54) is 0 Å². The van der Waals surface area contributed by atoms with Crippen molar-refractivity contribution in [3.05, 3.63) is 18.3 Å². The molecule has 0 aliphatic carbocycles. The number of aromatic nitrogens is 3. The molecular formula is C11H13N5O3S. The highest BCUT2D eigenvalue weighted by molar-refractivity contribution is 7.99. The predicted octanol–water partition coefficient (Wildman–Crippen LogP) is 0.276. The highest BCUT2D eigenvalue weighted by atomic mass is 32.2. The van der Waals surface area contributed by atoms with Crippen LogP contribution >= 0.6 is 11.8 Å². The number of hydrogen-bond acceptors (Lipinski definition) is 5. The van der Waals surface area contributed by atoms with Gasteiger partial charge in [-0.15, -0.1) is 0 Å². The third-order valence-electron chi connectivity index (χ3n) is 2.43. The van der Waals surface area contributed by atoms with Gasteiger partial charge in [0, 0.05) is 19.3 Å². The summed E-state index contributed by atoms with van der Waals surface area (Å²) in [6, 6.07) is 2.94. The van der Waals surface area contributed by atoms with Crippen molar-refractivity contribution in [1.29, 1.82) is 0 Å². The van der Waals surface area contributed by atoms with E-state index in [0.29, 0.717) is 29.4 Å². The number of hydrogen-bond donors (Lipinski definition) is 3. The van der Waals surface area contributed by atoms with E-state index in [0.717, 1.165) is 11.8 Å². The van der Waals surface area contributed by atoms with Gasteiger partial charge < -0.3 is 20.7 Å². The van der Waals surface area contributed by atoms with Gasteiger partial charge in [0.25, 0.3) is 0 Å². The molecule has 0 aliphatic rings. The summed E-state index contributed by atoms with van der Waals surface area (Å²) in [4.78, 5) is 29.9. The molecule has 9 heteroatoms. The Kier molecular flexibility index (Phi) is 4.41. The largest absolute Gasteiger partial charge is 0.481 e. The number of imidazole rings is 1. The van der Waals surface area contributed by atoms with Gasteiger partial charge in [-0.05, 0) is 12.1 Å². The molecule has 0 atom stereocenters. The van der Waals surface area contributed by atoms with Crippen molar-refractivity contribution in [2.45, 2.75) is 11.7 Å². The molecule has 0 spiro atoms. The molecule has 2 heterocycles. The van der Waals surface area contributed by atoms with E-state index in [2.05, 4.69) is 15.3 Å². The number of nitrogens with zero attached hydrogens (tertiary/aromatic N) is 3. The molecule has 0 bridgehead atoms. The van der Waals surface area contributed by atoms with Crippen LogP contribution in [0.3, 0.4) is 0 Å². The van der Waals surface area contributed by atoms with Gasteiger partial charge in [0.2, 0.25) is 0 Å². The van der Waals surface area contributed by atoms with Gasteiger partial charge in [0.05, 0.1) is 5.75 Å². The Hall–Kier alpha value is -2.29. The third kappa shape index (κ3) is 3.38. The Labute approximate surface area is 118 Å².